The lowest BCUT2D eigenvalue weighted by Gasteiger charge is -2.27. The molecule has 274 valence electrons. The summed E-state index contributed by atoms with van der Waals surface area (Å²) in [6.07, 6.45) is 7.53. The molecule has 0 aromatic rings. The molecule has 1 fully saturated rings. The van der Waals surface area contributed by atoms with Crippen molar-refractivity contribution in [1.29, 1.82) is 0 Å². The molecule has 11 heteroatoms. The van der Waals surface area contributed by atoms with E-state index >= 15 is 0 Å². The van der Waals surface area contributed by atoms with Crippen molar-refractivity contribution in [3.8, 4) is 0 Å². The Balaban J connectivity index is 2.16. The van der Waals surface area contributed by atoms with Crippen LogP contribution in [0.4, 0.5) is 0 Å². The molecule has 0 aliphatic carbocycles. The van der Waals surface area contributed by atoms with Crippen LogP contribution in [0.1, 0.15) is 79.1 Å². The van der Waals surface area contributed by atoms with Gasteiger partial charge in [0.2, 0.25) is 0 Å². The monoisotopic (exact) mass is 680 g/mol. The zero-order valence-electron chi connectivity index (χ0n) is 28.8. The van der Waals surface area contributed by atoms with E-state index in [1.807, 2.05) is 20.8 Å². The van der Waals surface area contributed by atoms with Crippen LogP contribution in [0.5, 0.6) is 0 Å². The first-order valence-corrected chi connectivity index (χ1v) is 17.4. The Bertz CT molecular complexity index is 1070. The minimum absolute atomic E-state index is 0.0331. The Kier molecular flexibility index (Phi) is 19.1. The van der Waals surface area contributed by atoms with E-state index in [1.165, 1.54) is 12.2 Å². The molecule has 0 aromatic heterocycles. The van der Waals surface area contributed by atoms with Crippen molar-refractivity contribution < 1.29 is 55.1 Å². The number of carbonyl (C=O) groups is 1. The maximum Gasteiger partial charge on any atom is 0.331 e. The zero-order chi connectivity index (χ0) is 35.8. The smallest absolute Gasteiger partial charge is 0.331 e. The third-order valence-electron chi connectivity index (χ3n) is 9.28. The lowest BCUT2D eigenvalue weighted by molar-refractivity contribution is -0.147. The predicted octanol–water partition coefficient (Wildman–Crippen LogP) is 2.40. The van der Waals surface area contributed by atoms with Crippen molar-refractivity contribution in [2.75, 3.05) is 0 Å². The summed E-state index contributed by atoms with van der Waals surface area (Å²) in [4.78, 5) is 12.6. The van der Waals surface area contributed by atoms with Gasteiger partial charge in [0.25, 0.3) is 0 Å². The second-order valence-electron chi connectivity index (χ2n) is 13.7. The molecule has 2 bridgehead atoms. The van der Waals surface area contributed by atoms with Crippen LogP contribution in [-0.4, -0.2) is 114 Å². The first-order chi connectivity index (χ1) is 22.7. The van der Waals surface area contributed by atoms with E-state index in [1.54, 1.807) is 55.5 Å². The third kappa shape index (κ3) is 15.6. The normalized spacial score (nSPS) is 43.2. The number of carbonyl (C=O) groups excluding carboxylic acids is 1. The van der Waals surface area contributed by atoms with E-state index in [-0.39, 0.29) is 50.4 Å². The number of hydrogen-bond donors (Lipinski definition) is 8. The summed E-state index contributed by atoms with van der Waals surface area (Å²) in [6, 6.07) is 0. The third-order valence-corrected chi connectivity index (χ3v) is 9.28. The molecule has 2 aliphatic rings. The number of aliphatic hydroxyl groups excluding tert-OH is 8. The summed E-state index contributed by atoms with van der Waals surface area (Å²) in [5.74, 6) is -1.09. The average molecular weight is 681 g/mol. The van der Waals surface area contributed by atoms with Crippen LogP contribution in [0.2, 0.25) is 0 Å². The van der Waals surface area contributed by atoms with Gasteiger partial charge in [-0.2, -0.15) is 0 Å². The Morgan fingerprint density at radius 1 is 0.667 bits per heavy atom. The first kappa shape index (κ1) is 42.0. The number of esters is 1. The van der Waals surface area contributed by atoms with Crippen LogP contribution in [0.15, 0.2) is 60.8 Å². The van der Waals surface area contributed by atoms with Gasteiger partial charge in [-0.1, -0.05) is 88.8 Å². The summed E-state index contributed by atoms with van der Waals surface area (Å²) in [5, 5.41) is 84.0. The van der Waals surface area contributed by atoms with Gasteiger partial charge < -0.3 is 50.3 Å². The largest absolute Gasteiger partial charge is 0.458 e. The van der Waals surface area contributed by atoms with E-state index < -0.39 is 79.0 Å². The molecule has 2 heterocycles. The molecule has 11 nitrogen and oxygen atoms in total. The van der Waals surface area contributed by atoms with E-state index in [0.29, 0.717) is 6.42 Å². The SMILES string of the molecule is CCC(C)[C@@H]1OC(=O)/C=C/C=C/C=C/C=C/[C@H]2O[C@@H](C[C@H]2O)[C@H](C)[C@H](O)C[C@H](O)C[C@H](O)C[C@@H](O)C[C@H](O)C[C@@H](O)C[C@@H](O)/C=C/[C@@H]1C. The molecule has 0 spiro atoms. The Morgan fingerprint density at radius 3 is 1.77 bits per heavy atom. The van der Waals surface area contributed by atoms with Crippen LogP contribution >= 0.6 is 0 Å². The van der Waals surface area contributed by atoms with Gasteiger partial charge in [0.15, 0.2) is 0 Å². The van der Waals surface area contributed by atoms with Gasteiger partial charge >= 0.3 is 5.97 Å². The predicted molar refractivity (Wildman–Crippen MR) is 182 cm³/mol. The number of ether oxygens (including phenoxy) is 2. The molecule has 0 saturated carbocycles. The topological polar surface area (TPSA) is 197 Å². The fraction of sp³-hybridized carbons (Fsp3) is 0.703. The lowest BCUT2D eigenvalue weighted by atomic mass is 9.90. The second kappa shape index (κ2) is 21.8. The van der Waals surface area contributed by atoms with Crippen molar-refractivity contribution in [3.63, 3.8) is 0 Å². The summed E-state index contributed by atoms with van der Waals surface area (Å²) in [6.45, 7) is 7.63. The quantitative estimate of drug-likeness (QED) is 0.158. The second-order valence-corrected chi connectivity index (χ2v) is 13.7. The zero-order valence-corrected chi connectivity index (χ0v) is 28.8. The Labute approximate surface area is 285 Å². The van der Waals surface area contributed by atoms with Gasteiger partial charge in [0.1, 0.15) is 12.2 Å². The van der Waals surface area contributed by atoms with Crippen LogP contribution in [-0.2, 0) is 14.3 Å². The van der Waals surface area contributed by atoms with E-state index in [0.717, 1.165) is 6.42 Å². The molecule has 14 atom stereocenters. The fourth-order valence-electron chi connectivity index (χ4n) is 6.19. The van der Waals surface area contributed by atoms with Gasteiger partial charge in [-0.25, -0.2) is 4.79 Å². The summed E-state index contributed by atoms with van der Waals surface area (Å²) in [5.41, 5.74) is 0. The summed E-state index contributed by atoms with van der Waals surface area (Å²) < 4.78 is 11.7. The standard InChI is InChI=1S/C37H60O11/c1-5-23(2)37-24(3)14-15-26(38)16-27(39)17-28(40)18-29(41)19-30(42)20-31(43)21-32(44)25(4)35-22-33(45)34(47-35)12-10-8-6-7-9-11-13-36(46)48-37/h6-15,23-35,37-45H,5,16-22H2,1-4H3/b8-6+,9-7+,12-10+,13-11+,15-14+/t23?,24-,25+,26-,27-,28+,29-,30+,31+,32+,33+,34+,35-,37-/m0/s1. The van der Waals surface area contributed by atoms with E-state index in [9.17, 15) is 45.6 Å². The van der Waals surface area contributed by atoms with Crippen molar-refractivity contribution in [2.45, 2.75) is 146 Å². The van der Waals surface area contributed by atoms with Crippen LogP contribution in [0.3, 0.4) is 0 Å². The van der Waals surface area contributed by atoms with E-state index in [2.05, 4.69) is 0 Å². The lowest BCUT2D eigenvalue weighted by Crippen LogP contribution is -2.34. The molecule has 1 saturated heterocycles. The van der Waals surface area contributed by atoms with Crippen LogP contribution < -0.4 is 0 Å². The molecule has 0 amide bonds. The van der Waals surface area contributed by atoms with Crippen LogP contribution in [0, 0.1) is 17.8 Å². The number of hydrogen-bond acceptors (Lipinski definition) is 11. The Morgan fingerprint density at radius 2 is 1.19 bits per heavy atom. The van der Waals surface area contributed by atoms with Gasteiger partial charge in [0, 0.05) is 30.8 Å². The molecule has 48 heavy (non-hydrogen) atoms. The van der Waals surface area contributed by atoms with E-state index in [4.69, 9.17) is 9.47 Å². The van der Waals surface area contributed by atoms with Crippen molar-refractivity contribution >= 4 is 5.97 Å². The molecule has 8 N–H and O–H groups in total. The Hall–Kier alpha value is -2.19. The van der Waals surface area contributed by atoms with Gasteiger partial charge in [-0.15, -0.1) is 0 Å². The molecular weight excluding hydrogens is 620 g/mol. The maximum absolute atomic E-state index is 12.6. The highest BCUT2D eigenvalue weighted by Gasteiger charge is 2.38. The maximum atomic E-state index is 12.6. The molecule has 2 aliphatic heterocycles. The summed E-state index contributed by atoms with van der Waals surface area (Å²) in [7, 11) is 0. The van der Waals surface area contributed by atoms with Crippen LogP contribution in [0.25, 0.3) is 0 Å². The summed E-state index contributed by atoms with van der Waals surface area (Å²) >= 11 is 0. The molecule has 2 rings (SSSR count). The highest BCUT2D eigenvalue weighted by atomic mass is 16.5. The number of fused-ring (bicyclic) bond motifs is 2. The molecule has 1 unspecified atom stereocenters. The minimum Gasteiger partial charge on any atom is -0.458 e. The highest BCUT2D eigenvalue weighted by molar-refractivity contribution is 5.82. The molecule has 0 radical (unpaired) electrons. The molecule has 0 aromatic carbocycles. The van der Waals surface area contributed by atoms with Crippen molar-refractivity contribution in [2.24, 2.45) is 17.8 Å². The first-order valence-electron chi connectivity index (χ1n) is 17.4. The number of cyclic esters (lactones) is 1. The van der Waals surface area contributed by atoms with Crippen molar-refractivity contribution in [1.82, 2.24) is 0 Å². The van der Waals surface area contributed by atoms with Crippen molar-refractivity contribution in [3.05, 3.63) is 60.8 Å². The molecular formula is C37H60O11. The van der Waals surface area contributed by atoms with Gasteiger partial charge in [-0.05, 0) is 38.0 Å². The minimum atomic E-state index is -1.10. The number of aliphatic hydroxyl groups is 8. The fourth-order valence-corrected chi connectivity index (χ4v) is 6.19. The van der Waals surface area contributed by atoms with Gasteiger partial charge in [0.05, 0.1) is 54.9 Å². The number of rotatable bonds is 2. The average Bonchev–Trinajstić information content (AvgIpc) is 3.37. The van der Waals surface area contributed by atoms with Gasteiger partial charge in [-0.3, -0.25) is 0 Å². The highest BCUT2D eigenvalue weighted by Crippen LogP contribution is 2.30. The number of allylic oxidation sites excluding steroid dienone is 6.